The first-order valence-electron chi connectivity index (χ1n) is 20.1. The molecule has 0 saturated heterocycles. The molecule has 0 saturated carbocycles. The van der Waals surface area contributed by atoms with Crippen LogP contribution in [0, 0.1) is 0 Å². The minimum absolute atomic E-state index is 0.857. The molecule has 0 atom stereocenters. The Bertz CT molecular complexity index is 3560. The van der Waals surface area contributed by atoms with Crippen LogP contribution in [0.25, 0.3) is 98.8 Å². The summed E-state index contributed by atoms with van der Waals surface area (Å²) in [7, 11) is 0. The van der Waals surface area contributed by atoms with Crippen molar-refractivity contribution in [3.05, 3.63) is 212 Å². The lowest BCUT2D eigenvalue weighted by atomic mass is 9.95. The number of benzene rings is 10. The zero-order valence-electron chi connectivity index (χ0n) is 32.0. The second kappa shape index (κ2) is 13.4. The van der Waals surface area contributed by atoms with Crippen LogP contribution in [0.4, 0.5) is 17.1 Å². The number of hydrogen-bond acceptors (Lipinski definition) is 3. The van der Waals surface area contributed by atoms with Gasteiger partial charge in [-0.15, -0.1) is 0 Å². The van der Waals surface area contributed by atoms with Crippen molar-refractivity contribution in [3.63, 3.8) is 0 Å². The Balaban J connectivity index is 1.02. The van der Waals surface area contributed by atoms with Crippen LogP contribution < -0.4 is 4.90 Å². The van der Waals surface area contributed by atoms with Crippen LogP contribution in [0.3, 0.4) is 0 Å². The minimum atomic E-state index is 0.857. The van der Waals surface area contributed by atoms with E-state index in [1.807, 2.05) is 12.1 Å². The van der Waals surface area contributed by atoms with Crippen molar-refractivity contribution >= 4 is 82.5 Å². The van der Waals surface area contributed by atoms with Crippen molar-refractivity contribution in [2.75, 3.05) is 4.90 Å². The van der Waals surface area contributed by atoms with Gasteiger partial charge in [0.2, 0.25) is 0 Å². The monoisotopic (exact) mass is 753 g/mol. The molecule has 10 aromatic carbocycles. The Labute approximate surface area is 340 Å². The van der Waals surface area contributed by atoms with Crippen molar-refractivity contribution in [2.45, 2.75) is 0 Å². The summed E-state index contributed by atoms with van der Waals surface area (Å²) in [6.45, 7) is 0. The first kappa shape index (κ1) is 33.3. The standard InChI is InChI=1S/C56H35NO2/c1-2-11-36(12-3-1)39-14-8-15-43(34-39)57(42-28-25-38(26-29-42)48-19-9-20-50-49-17-6-7-21-52(49)59-56(48)50)44-30-32-53-51(35-44)55-47(18-10-22-54(55)58-53)41-27-31-46-40(33-41)24-23-37-13-4-5-16-45(37)46/h1-35H. The zero-order valence-corrected chi connectivity index (χ0v) is 32.0. The highest BCUT2D eigenvalue weighted by atomic mass is 16.3. The molecule has 3 heteroatoms. The Morgan fingerprint density at radius 3 is 1.85 bits per heavy atom. The van der Waals surface area contributed by atoms with Crippen LogP contribution >= 0.6 is 0 Å². The lowest BCUT2D eigenvalue weighted by Crippen LogP contribution is -2.10. The van der Waals surface area contributed by atoms with Crippen molar-refractivity contribution in [1.29, 1.82) is 0 Å². The van der Waals surface area contributed by atoms with Crippen LogP contribution in [0.2, 0.25) is 0 Å². The molecule has 12 rings (SSSR count). The Morgan fingerprint density at radius 2 is 0.932 bits per heavy atom. The number of furan rings is 2. The third-order valence-electron chi connectivity index (χ3n) is 11.8. The topological polar surface area (TPSA) is 29.5 Å². The number of fused-ring (bicyclic) bond motifs is 9. The molecule has 12 aromatic rings. The molecule has 0 bridgehead atoms. The van der Waals surface area contributed by atoms with Crippen molar-refractivity contribution < 1.29 is 8.83 Å². The van der Waals surface area contributed by atoms with E-state index < -0.39 is 0 Å². The quantitative estimate of drug-likeness (QED) is 0.158. The molecule has 2 aromatic heterocycles. The van der Waals surface area contributed by atoms with E-state index in [2.05, 4.69) is 205 Å². The maximum atomic E-state index is 6.58. The summed E-state index contributed by atoms with van der Waals surface area (Å²) < 4.78 is 13.0. The third-order valence-corrected chi connectivity index (χ3v) is 11.8. The van der Waals surface area contributed by atoms with Gasteiger partial charge < -0.3 is 13.7 Å². The lowest BCUT2D eigenvalue weighted by molar-refractivity contribution is 0.669. The van der Waals surface area contributed by atoms with E-state index in [0.717, 1.165) is 88.8 Å². The molecular weight excluding hydrogens is 719 g/mol. The van der Waals surface area contributed by atoms with Crippen molar-refractivity contribution in [1.82, 2.24) is 0 Å². The van der Waals surface area contributed by atoms with E-state index in [-0.39, 0.29) is 0 Å². The maximum Gasteiger partial charge on any atom is 0.143 e. The van der Waals surface area contributed by atoms with Gasteiger partial charge in [0.15, 0.2) is 0 Å². The summed E-state index contributed by atoms with van der Waals surface area (Å²) >= 11 is 0. The second-order valence-corrected chi connectivity index (χ2v) is 15.3. The minimum Gasteiger partial charge on any atom is -0.456 e. The van der Waals surface area contributed by atoms with Crippen molar-refractivity contribution in [2.24, 2.45) is 0 Å². The van der Waals surface area contributed by atoms with Gasteiger partial charge >= 0.3 is 0 Å². The molecule has 0 radical (unpaired) electrons. The second-order valence-electron chi connectivity index (χ2n) is 15.3. The first-order chi connectivity index (χ1) is 29.2. The highest BCUT2D eigenvalue weighted by Gasteiger charge is 2.19. The number of para-hydroxylation sites is 2. The van der Waals surface area contributed by atoms with E-state index in [9.17, 15) is 0 Å². The fourth-order valence-corrected chi connectivity index (χ4v) is 9.04. The largest absolute Gasteiger partial charge is 0.456 e. The summed E-state index contributed by atoms with van der Waals surface area (Å²) in [5.41, 5.74) is 13.5. The summed E-state index contributed by atoms with van der Waals surface area (Å²) in [5, 5.41) is 9.43. The molecule has 0 fully saturated rings. The van der Waals surface area contributed by atoms with Crippen LogP contribution in [-0.2, 0) is 0 Å². The van der Waals surface area contributed by atoms with Gasteiger partial charge in [-0.2, -0.15) is 0 Å². The molecule has 0 unspecified atom stereocenters. The van der Waals surface area contributed by atoms with Gasteiger partial charge in [0.1, 0.15) is 22.3 Å². The first-order valence-corrected chi connectivity index (χ1v) is 20.1. The predicted molar refractivity (Wildman–Crippen MR) is 247 cm³/mol. The van der Waals surface area contributed by atoms with Gasteiger partial charge in [-0.05, 0) is 110 Å². The van der Waals surface area contributed by atoms with E-state index in [1.54, 1.807) is 0 Å². The Kier molecular flexibility index (Phi) is 7.54. The SMILES string of the molecule is c1ccc(-c2cccc(N(c3ccc(-c4cccc5c4oc4ccccc45)cc3)c3ccc4oc5cccc(-c6ccc7c(ccc8ccccc87)c6)c5c4c3)c2)cc1. The average Bonchev–Trinajstić information content (AvgIpc) is 3.88. The summed E-state index contributed by atoms with van der Waals surface area (Å²) in [6.07, 6.45) is 0. The smallest absolute Gasteiger partial charge is 0.143 e. The molecule has 0 amide bonds. The van der Waals surface area contributed by atoms with Gasteiger partial charge in [0, 0.05) is 44.2 Å². The van der Waals surface area contributed by atoms with Gasteiger partial charge in [-0.25, -0.2) is 0 Å². The van der Waals surface area contributed by atoms with E-state index >= 15 is 0 Å². The normalized spacial score (nSPS) is 11.7. The maximum absolute atomic E-state index is 6.58. The number of nitrogens with zero attached hydrogens (tertiary/aromatic N) is 1. The molecule has 59 heavy (non-hydrogen) atoms. The zero-order chi connectivity index (χ0) is 38.9. The highest BCUT2D eigenvalue weighted by Crippen LogP contribution is 2.44. The van der Waals surface area contributed by atoms with Gasteiger partial charge in [-0.1, -0.05) is 152 Å². The summed E-state index contributed by atoms with van der Waals surface area (Å²) in [4.78, 5) is 2.35. The fourth-order valence-electron chi connectivity index (χ4n) is 9.04. The van der Waals surface area contributed by atoms with E-state index in [1.165, 1.54) is 27.1 Å². The molecule has 3 nitrogen and oxygen atoms in total. The third kappa shape index (κ3) is 5.51. The molecule has 2 heterocycles. The van der Waals surface area contributed by atoms with Crippen LogP contribution in [0.1, 0.15) is 0 Å². The van der Waals surface area contributed by atoms with Crippen LogP contribution in [0.15, 0.2) is 221 Å². The fraction of sp³-hybridized carbons (Fsp3) is 0. The van der Waals surface area contributed by atoms with Crippen molar-refractivity contribution in [3.8, 4) is 33.4 Å². The number of hydrogen-bond donors (Lipinski definition) is 0. The van der Waals surface area contributed by atoms with Gasteiger partial charge in [-0.3, -0.25) is 0 Å². The Hall–Kier alpha value is -7.88. The molecule has 0 spiro atoms. The molecule has 0 N–H and O–H groups in total. The predicted octanol–water partition coefficient (Wildman–Crippen LogP) is 16.3. The Morgan fingerprint density at radius 1 is 0.288 bits per heavy atom. The number of anilines is 3. The molecule has 276 valence electrons. The number of rotatable bonds is 6. The van der Waals surface area contributed by atoms with E-state index in [4.69, 9.17) is 8.83 Å². The molecule has 0 aliphatic heterocycles. The summed E-state index contributed by atoms with van der Waals surface area (Å²) in [6, 6.07) is 75.7. The highest BCUT2D eigenvalue weighted by molar-refractivity contribution is 6.15. The molecular formula is C56H35NO2. The summed E-state index contributed by atoms with van der Waals surface area (Å²) in [5.74, 6) is 0. The molecule has 0 aliphatic rings. The van der Waals surface area contributed by atoms with Crippen LogP contribution in [0.5, 0.6) is 0 Å². The van der Waals surface area contributed by atoms with Gasteiger partial charge in [0.25, 0.3) is 0 Å². The van der Waals surface area contributed by atoms with Gasteiger partial charge in [0.05, 0.1) is 0 Å². The average molecular weight is 754 g/mol. The van der Waals surface area contributed by atoms with E-state index in [0.29, 0.717) is 0 Å². The lowest BCUT2D eigenvalue weighted by Gasteiger charge is -2.26. The van der Waals surface area contributed by atoms with Crippen LogP contribution in [-0.4, -0.2) is 0 Å². The molecule has 0 aliphatic carbocycles.